The van der Waals surface area contributed by atoms with E-state index in [1.54, 1.807) is 12.4 Å². The van der Waals surface area contributed by atoms with E-state index in [4.69, 9.17) is 0 Å². The van der Waals surface area contributed by atoms with Gasteiger partial charge < -0.3 is 4.90 Å². The lowest BCUT2D eigenvalue weighted by Gasteiger charge is -2.17. The van der Waals surface area contributed by atoms with Crippen molar-refractivity contribution < 1.29 is 4.39 Å². The number of halogens is 1. The molecule has 0 saturated carbocycles. The molecule has 0 unspecified atom stereocenters. The Morgan fingerprint density at radius 2 is 1.94 bits per heavy atom. The van der Waals surface area contributed by atoms with Crippen LogP contribution in [0.2, 0.25) is 0 Å². The van der Waals surface area contributed by atoms with Crippen molar-refractivity contribution in [3.63, 3.8) is 0 Å². The largest absolute Gasteiger partial charge is 0.356 e. The van der Waals surface area contributed by atoms with Gasteiger partial charge >= 0.3 is 0 Å². The lowest BCUT2D eigenvalue weighted by Crippen LogP contribution is -2.19. The topological polar surface area (TPSA) is 29.0 Å². The predicted molar refractivity (Wildman–Crippen MR) is 60.9 cm³/mol. The van der Waals surface area contributed by atoms with Gasteiger partial charge in [0.15, 0.2) is 0 Å². The van der Waals surface area contributed by atoms with Crippen LogP contribution in [0.1, 0.15) is 12.8 Å². The number of hydrogen-bond acceptors (Lipinski definition) is 3. The summed E-state index contributed by atoms with van der Waals surface area (Å²) in [7, 11) is 0. The summed E-state index contributed by atoms with van der Waals surface area (Å²) in [5.41, 5.74) is 0.804. The zero-order valence-electron chi connectivity index (χ0n) is 8.86. The maximum absolute atomic E-state index is 13.2. The standard InChI is InChI=1S/C12H12FN3/c13-9-3-4-11-10(7-9)12(15-8-14-11)16-5-1-2-6-16/h3-4,7-8H,1-2,5-6H2. The fraction of sp³-hybridized carbons (Fsp3) is 0.333. The smallest absolute Gasteiger partial charge is 0.139 e. The molecule has 1 aromatic carbocycles. The maximum Gasteiger partial charge on any atom is 0.139 e. The number of anilines is 1. The first-order valence-electron chi connectivity index (χ1n) is 5.50. The van der Waals surface area contributed by atoms with E-state index in [2.05, 4.69) is 14.9 Å². The molecule has 82 valence electrons. The van der Waals surface area contributed by atoms with Crippen molar-refractivity contribution in [2.45, 2.75) is 12.8 Å². The van der Waals surface area contributed by atoms with Gasteiger partial charge in [0.25, 0.3) is 0 Å². The molecule has 2 heterocycles. The molecule has 0 N–H and O–H groups in total. The van der Waals surface area contributed by atoms with Crippen LogP contribution in [0.4, 0.5) is 10.2 Å². The molecule has 1 aliphatic heterocycles. The van der Waals surface area contributed by atoms with Crippen molar-refractivity contribution in [1.82, 2.24) is 9.97 Å². The highest BCUT2D eigenvalue weighted by Crippen LogP contribution is 2.26. The third kappa shape index (κ3) is 1.50. The van der Waals surface area contributed by atoms with Crippen molar-refractivity contribution in [2.24, 2.45) is 0 Å². The maximum atomic E-state index is 13.2. The SMILES string of the molecule is Fc1ccc2ncnc(N3CCCC3)c2c1. The Morgan fingerprint density at radius 1 is 1.12 bits per heavy atom. The van der Waals surface area contributed by atoms with E-state index in [-0.39, 0.29) is 5.82 Å². The van der Waals surface area contributed by atoms with Gasteiger partial charge in [-0.2, -0.15) is 0 Å². The molecule has 3 rings (SSSR count). The average Bonchev–Trinajstić information content (AvgIpc) is 2.81. The van der Waals surface area contributed by atoms with Crippen LogP contribution in [0, 0.1) is 5.82 Å². The summed E-state index contributed by atoms with van der Waals surface area (Å²) in [4.78, 5) is 10.6. The van der Waals surface area contributed by atoms with E-state index >= 15 is 0 Å². The van der Waals surface area contributed by atoms with Crippen molar-refractivity contribution in [2.75, 3.05) is 18.0 Å². The van der Waals surface area contributed by atoms with Crippen LogP contribution in [0.15, 0.2) is 24.5 Å². The van der Waals surface area contributed by atoms with Gasteiger partial charge in [-0.05, 0) is 31.0 Å². The summed E-state index contributed by atoms with van der Waals surface area (Å²) in [6.07, 6.45) is 3.91. The molecule has 0 bridgehead atoms. The normalized spacial score (nSPS) is 15.9. The minimum absolute atomic E-state index is 0.234. The Bertz CT molecular complexity index is 521. The highest BCUT2D eigenvalue weighted by Gasteiger charge is 2.16. The molecule has 4 heteroatoms. The van der Waals surface area contributed by atoms with E-state index in [0.29, 0.717) is 0 Å². The van der Waals surface area contributed by atoms with Gasteiger partial charge in [0.05, 0.1) is 5.52 Å². The van der Waals surface area contributed by atoms with E-state index in [1.165, 1.54) is 25.0 Å². The van der Waals surface area contributed by atoms with Crippen molar-refractivity contribution >= 4 is 16.7 Å². The van der Waals surface area contributed by atoms with Gasteiger partial charge in [-0.15, -0.1) is 0 Å². The monoisotopic (exact) mass is 217 g/mol. The highest BCUT2D eigenvalue weighted by atomic mass is 19.1. The summed E-state index contributed by atoms with van der Waals surface area (Å²) >= 11 is 0. The molecule has 16 heavy (non-hydrogen) atoms. The second-order valence-electron chi connectivity index (χ2n) is 4.05. The third-order valence-corrected chi connectivity index (χ3v) is 2.98. The molecule has 0 amide bonds. The summed E-state index contributed by atoms with van der Waals surface area (Å²) in [5, 5.41) is 0.810. The average molecular weight is 217 g/mol. The first kappa shape index (κ1) is 9.51. The van der Waals surface area contributed by atoms with Crippen LogP contribution in [-0.2, 0) is 0 Å². The fourth-order valence-corrected chi connectivity index (χ4v) is 2.20. The molecule has 1 aliphatic rings. The second-order valence-corrected chi connectivity index (χ2v) is 4.05. The molecule has 0 aliphatic carbocycles. The van der Waals surface area contributed by atoms with Crippen molar-refractivity contribution in [3.8, 4) is 0 Å². The summed E-state index contributed by atoms with van der Waals surface area (Å²) in [6.45, 7) is 2.01. The van der Waals surface area contributed by atoms with Gasteiger partial charge in [-0.3, -0.25) is 0 Å². The third-order valence-electron chi connectivity index (χ3n) is 2.98. The quantitative estimate of drug-likeness (QED) is 0.734. The Morgan fingerprint density at radius 3 is 2.75 bits per heavy atom. The molecule has 0 radical (unpaired) electrons. The summed E-state index contributed by atoms with van der Waals surface area (Å²) in [5.74, 6) is 0.629. The number of benzene rings is 1. The fourth-order valence-electron chi connectivity index (χ4n) is 2.20. The number of rotatable bonds is 1. The van der Waals surface area contributed by atoms with Crippen molar-refractivity contribution in [3.05, 3.63) is 30.3 Å². The molecule has 3 nitrogen and oxygen atoms in total. The van der Waals surface area contributed by atoms with E-state index in [0.717, 1.165) is 29.8 Å². The second kappa shape index (κ2) is 3.70. The van der Waals surface area contributed by atoms with Crippen LogP contribution in [-0.4, -0.2) is 23.1 Å². The molecular weight excluding hydrogens is 205 g/mol. The molecule has 0 atom stereocenters. The molecule has 2 aromatic rings. The molecular formula is C12H12FN3. The van der Waals surface area contributed by atoms with Crippen LogP contribution >= 0.6 is 0 Å². The minimum atomic E-state index is -0.234. The summed E-state index contributed by atoms with van der Waals surface area (Å²) < 4.78 is 13.2. The molecule has 0 spiro atoms. The van der Waals surface area contributed by atoms with Gasteiger partial charge in [-0.1, -0.05) is 0 Å². The minimum Gasteiger partial charge on any atom is -0.356 e. The van der Waals surface area contributed by atoms with E-state index < -0.39 is 0 Å². The van der Waals surface area contributed by atoms with Crippen LogP contribution < -0.4 is 4.90 Å². The number of hydrogen-bond donors (Lipinski definition) is 0. The van der Waals surface area contributed by atoms with Gasteiger partial charge in [0, 0.05) is 18.5 Å². The van der Waals surface area contributed by atoms with Gasteiger partial charge in [0.1, 0.15) is 18.0 Å². The Kier molecular flexibility index (Phi) is 2.20. The molecule has 1 saturated heterocycles. The number of fused-ring (bicyclic) bond motifs is 1. The predicted octanol–water partition coefficient (Wildman–Crippen LogP) is 2.37. The van der Waals surface area contributed by atoms with Crippen LogP contribution in [0.3, 0.4) is 0 Å². The first-order valence-corrected chi connectivity index (χ1v) is 5.50. The lowest BCUT2D eigenvalue weighted by atomic mass is 10.2. The zero-order chi connectivity index (χ0) is 11.0. The Labute approximate surface area is 92.9 Å². The van der Waals surface area contributed by atoms with Gasteiger partial charge in [0.2, 0.25) is 0 Å². The summed E-state index contributed by atoms with van der Waals surface area (Å²) in [6, 6.07) is 4.65. The molecule has 1 fully saturated rings. The van der Waals surface area contributed by atoms with Crippen molar-refractivity contribution in [1.29, 1.82) is 0 Å². The molecule has 1 aromatic heterocycles. The van der Waals surface area contributed by atoms with E-state index in [9.17, 15) is 4.39 Å². The zero-order valence-corrected chi connectivity index (χ0v) is 8.86. The lowest BCUT2D eigenvalue weighted by molar-refractivity contribution is 0.629. The van der Waals surface area contributed by atoms with Crippen LogP contribution in [0.5, 0.6) is 0 Å². The highest BCUT2D eigenvalue weighted by molar-refractivity contribution is 5.89. The first-order chi connectivity index (χ1) is 7.84. The number of nitrogens with zero attached hydrogens (tertiary/aromatic N) is 3. The Balaban J connectivity index is 2.18. The van der Waals surface area contributed by atoms with Crippen LogP contribution in [0.25, 0.3) is 10.9 Å². The van der Waals surface area contributed by atoms with Gasteiger partial charge in [-0.25, -0.2) is 14.4 Å². The Hall–Kier alpha value is -1.71. The number of aromatic nitrogens is 2. The van der Waals surface area contributed by atoms with E-state index in [1.807, 2.05) is 0 Å².